The van der Waals surface area contributed by atoms with Gasteiger partial charge in [-0.05, 0) is 57.2 Å². The van der Waals surface area contributed by atoms with Crippen LogP contribution < -0.4 is 10.2 Å². The number of nitrogens with zero attached hydrogens (tertiary/aromatic N) is 2. The second-order valence-electron chi connectivity index (χ2n) is 7.28. The van der Waals surface area contributed by atoms with Crippen molar-refractivity contribution in [2.24, 2.45) is 0 Å². The van der Waals surface area contributed by atoms with Crippen LogP contribution in [0.3, 0.4) is 0 Å². The van der Waals surface area contributed by atoms with Crippen LogP contribution in [0.1, 0.15) is 31.1 Å². The third-order valence-electron chi connectivity index (χ3n) is 4.71. The first-order valence-corrected chi connectivity index (χ1v) is 8.97. The molecular formula is C20H27N3O3. The molecule has 140 valence electrons. The summed E-state index contributed by atoms with van der Waals surface area (Å²) in [6.07, 6.45) is 2.88. The van der Waals surface area contributed by atoms with E-state index in [0.717, 1.165) is 13.1 Å². The van der Waals surface area contributed by atoms with Gasteiger partial charge in [-0.15, -0.1) is 0 Å². The van der Waals surface area contributed by atoms with Crippen molar-refractivity contribution in [2.75, 3.05) is 26.7 Å². The maximum absolute atomic E-state index is 11.2. The molecule has 0 unspecified atom stereocenters. The number of hydrogen-bond acceptors (Lipinski definition) is 6. The number of nitrogens with one attached hydrogen (secondary N) is 1. The summed E-state index contributed by atoms with van der Waals surface area (Å²) in [6, 6.07) is 5.52. The number of aldehydes is 1. The molecule has 6 heteroatoms. The van der Waals surface area contributed by atoms with Gasteiger partial charge in [-0.25, -0.2) is 5.43 Å². The van der Waals surface area contributed by atoms with Crippen LogP contribution in [0.25, 0.3) is 0 Å². The van der Waals surface area contributed by atoms with Gasteiger partial charge in [0.2, 0.25) is 0 Å². The SMILES string of the molecule is CC(C)N1N[C@H](C)C=C1C1=C(COc2cccc(O)c2C=O)CN(C)C1. The Hall–Kier alpha value is -2.31. The Morgan fingerprint density at radius 1 is 1.38 bits per heavy atom. The fraction of sp³-hybridized carbons (Fsp3) is 0.450. The fourth-order valence-corrected chi connectivity index (χ4v) is 3.51. The molecule has 2 heterocycles. The normalized spacial score (nSPS) is 20.9. The van der Waals surface area contributed by atoms with Crippen molar-refractivity contribution in [3.05, 3.63) is 46.7 Å². The number of ether oxygens (including phenoxy) is 1. The lowest BCUT2D eigenvalue weighted by atomic mass is 10.1. The monoisotopic (exact) mass is 357 g/mol. The number of hydrazine groups is 1. The predicted molar refractivity (Wildman–Crippen MR) is 101 cm³/mol. The first-order chi connectivity index (χ1) is 12.4. The predicted octanol–water partition coefficient (Wildman–Crippen LogP) is 2.33. The number of carbonyl (C=O) groups excluding carboxylic acids is 1. The van der Waals surface area contributed by atoms with E-state index in [1.165, 1.54) is 22.9 Å². The molecule has 1 atom stereocenters. The number of benzene rings is 1. The summed E-state index contributed by atoms with van der Waals surface area (Å²) >= 11 is 0. The second kappa shape index (κ2) is 7.51. The van der Waals surface area contributed by atoms with E-state index in [9.17, 15) is 9.90 Å². The third-order valence-corrected chi connectivity index (χ3v) is 4.71. The van der Waals surface area contributed by atoms with Gasteiger partial charge in [-0.1, -0.05) is 6.07 Å². The van der Waals surface area contributed by atoms with Gasteiger partial charge in [0, 0.05) is 25.2 Å². The molecule has 0 bridgehead atoms. The zero-order valence-electron chi connectivity index (χ0n) is 15.8. The lowest BCUT2D eigenvalue weighted by Crippen LogP contribution is -2.41. The Bertz CT molecular complexity index is 755. The van der Waals surface area contributed by atoms with E-state index in [4.69, 9.17) is 4.74 Å². The molecule has 3 rings (SSSR count). The Balaban J connectivity index is 1.85. The summed E-state index contributed by atoms with van der Waals surface area (Å²) in [5, 5.41) is 12.0. The van der Waals surface area contributed by atoms with Crippen molar-refractivity contribution in [2.45, 2.75) is 32.9 Å². The molecule has 0 saturated carbocycles. The summed E-state index contributed by atoms with van der Waals surface area (Å²) in [5.41, 5.74) is 7.35. The van der Waals surface area contributed by atoms with Crippen LogP contribution in [0.4, 0.5) is 0 Å². The molecule has 2 aliphatic heterocycles. The van der Waals surface area contributed by atoms with E-state index in [-0.39, 0.29) is 11.3 Å². The number of carbonyl (C=O) groups is 1. The Morgan fingerprint density at radius 3 is 2.85 bits per heavy atom. The highest BCUT2D eigenvalue weighted by molar-refractivity contribution is 5.83. The highest BCUT2D eigenvalue weighted by Gasteiger charge is 2.30. The molecule has 1 aromatic rings. The van der Waals surface area contributed by atoms with Crippen LogP contribution in [0.2, 0.25) is 0 Å². The van der Waals surface area contributed by atoms with Crippen LogP contribution in [0.15, 0.2) is 41.1 Å². The van der Waals surface area contributed by atoms with E-state index in [1.54, 1.807) is 12.1 Å². The van der Waals surface area contributed by atoms with Crippen LogP contribution in [-0.4, -0.2) is 60.1 Å². The minimum Gasteiger partial charge on any atom is -0.507 e. The molecule has 0 aliphatic carbocycles. The molecule has 0 aromatic heterocycles. The van der Waals surface area contributed by atoms with Gasteiger partial charge < -0.3 is 14.9 Å². The first kappa shape index (κ1) is 18.5. The Labute approximate surface area is 154 Å². The van der Waals surface area contributed by atoms with Crippen molar-refractivity contribution >= 4 is 6.29 Å². The lowest BCUT2D eigenvalue weighted by molar-refractivity contribution is 0.111. The van der Waals surface area contributed by atoms with Crippen molar-refractivity contribution in [3.8, 4) is 11.5 Å². The number of hydrogen-bond donors (Lipinski definition) is 2. The molecule has 0 spiro atoms. The molecule has 26 heavy (non-hydrogen) atoms. The summed E-state index contributed by atoms with van der Waals surface area (Å²) in [4.78, 5) is 13.5. The van der Waals surface area contributed by atoms with Gasteiger partial charge >= 0.3 is 0 Å². The number of phenols is 1. The summed E-state index contributed by atoms with van der Waals surface area (Å²) in [7, 11) is 2.09. The zero-order valence-corrected chi connectivity index (χ0v) is 15.8. The summed E-state index contributed by atoms with van der Waals surface area (Å²) < 4.78 is 5.91. The second-order valence-corrected chi connectivity index (χ2v) is 7.28. The van der Waals surface area contributed by atoms with Gasteiger partial charge in [-0.2, -0.15) is 0 Å². The molecule has 6 nitrogen and oxygen atoms in total. The number of likely N-dealkylation sites (N-methyl/N-ethyl adjacent to an activating group) is 1. The molecule has 0 amide bonds. The molecule has 0 saturated heterocycles. The average Bonchev–Trinajstić information content (AvgIpc) is 3.15. The van der Waals surface area contributed by atoms with Gasteiger partial charge in [0.25, 0.3) is 0 Å². The fourth-order valence-electron chi connectivity index (χ4n) is 3.51. The maximum Gasteiger partial charge on any atom is 0.157 e. The standard InChI is InChI=1S/C20H27N3O3/c1-13(2)23-18(8-14(3)21-23)16-10-22(4)9-15(16)12-26-20-7-5-6-19(25)17(20)11-24/h5-8,11,13-14,21,25H,9-10,12H2,1-4H3/t14-/m1/s1. The topological polar surface area (TPSA) is 65.0 Å². The smallest absolute Gasteiger partial charge is 0.157 e. The molecule has 2 N–H and O–H groups in total. The van der Waals surface area contributed by atoms with E-state index in [0.29, 0.717) is 30.7 Å². The minimum atomic E-state index is -0.0576. The summed E-state index contributed by atoms with van der Waals surface area (Å²) in [5.74, 6) is 0.353. The zero-order chi connectivity index (χ0) is 18.8. The highest BCUT2D eigenvalue weighted by Crippen LogP contribution is 2.31. The number of aromatic hydroxyl groups is 1. The van der Waals surface area contributed by atoms with Crippen molar-refractivity contribution in [1.82, 2.24) is 15.3 Å². The van der Waals surface area contributed by atoms with Gasteiger partial charge in [0.15, 0.2) is 6.29 Å². The van der Waals surface area contributed by atoms with Crippen LogP contribution >= 0.6 is 0 Å². The lowest BCUT2D eigenvalue weighted by Gasteiger charge is -2.28. The van der Waals surface area contributed by atoms with E-state index in [1.807, 2.05) is 0 Å². The average molecular weight is 357 g/mol. The minimum absolute atomic E-state index is 0.0576. The maximum atomic E-state index is 11.2. The largest absolute Gasteiger partial charge is 0.507 e. The van der Waals surface area contributed by atoms with Gasteiger partial charge in [-0.3, -0.25) is 9.69 Å². The summed E-state index contributed by atoms with van der Waals surface area (Å²) in [6.45, 7) is 8.54. The molecule has 2 aliphatic rings. The van der Waals surface area contributed by atoms with Crippen molar-refractivity contribution < 1.29 is 14.6 Å². The number of phenolic OH excluding ortho intramolecular Hbond substituents is 1. The Morgan fingerprint density at radius 2 is 2.15 bits per heavy atom. The Kier molecular flexibility index (Phi) is 5.34. The number of rotatable bonds is 6. The molecule has 0 fully saturated rings. The van der Waals surface area contributed by atoms with Gasteiger partial charge in [0.05, 0.1) is 11.3 Å². The highest BCUT2D eigenvalue weighted by atomic mass is 16.5. The van der Waals surface area contributed by atoms with Crippen LogP contribution in [-0.2, 0) is 0 Å². The van der Waals surface area contributed by atoms with Crippen molar-refractivity contribution in [3.63, 3.8) is 0 Å². The molecule has 1 aromatic carbocycles. The third kappa shape index (κ3) is 3.61. The first-order valence-electron chi connectivity index (χ1n) is 8.97. The van der Waals surface area contributed by atoms with Crippen molar-refractivity contribution in [1.29, 1.82) is 0 Å². The van der Waals surface area contributed by atoms with E-state index in [2.05, 4.69) is 49.2 Å². The molecular weight excluding hydrogens is 330 g/mol. The van der Waals surface area contributed by atoms with E-state index >= 15 is 0 Å². The van der Waals surface area contributed by atoms with E-state index < -0.39 is 0 Å². The van der Waals surface area contributed by atoms with Crippen LogP contribution in [0, 0.1) is 0 Å². The van der Waals surface area contributed by atoms with Crippen LogP contribution in [0.5, 0.6) is 11.5 Å². The quantitative estimate of drug-likeness (QED) is 0.762. The molecule has 0 radical (unpaired) electrons. The van der Waals surface area contributed by atoms with Gasteiger partial charge in [0.1, 0.15) is 18.1 Å².